The molecule has 2 N–H and O–H groups in total. The molecule has 3 aliphatic rings. The van der Waals surface area contributed by atoms with E-state index in [1.54, 1.807) is 0 Å². The molecule has 0 aromatic rings. The van der Waals surface area contributed by atoms with E-state index >= 15 is 0 Å². The highest BCUT2D eigenvalue weighted by molar-refractivity contribution is 5.67. The maximum absolute atomic E-state index is 11.1. The smallest absolute Gasteiger partial charge is 0.407 e. The molecule has 2 saturated carbocycles. The summed E-state index contributed by atoms with van der Waals surface area (Å²) >= 11 is 0. The van der Waals surface area contributed by atoms with Crippen LogP contribution in [-0.4, -0.2) is 52.1 Å². The van der Waals surface area contributed by atoms with Crippen LogP contribution in [0.15, 0.2) is 0 Å². The van der Waals surface area contributed by atoms with Crippen LogP contribution in [0.5, 0.6) is 0 Å². The molecule has 1 heterocycles. The van der Waals surface area contributed by atoms with Crippen LogP contribution in [0.3, 0.4) is 0 Å². The summed E-state index contributed by atoms with van der Waals surface area (Å²) in [6.45, 7) is -0.0853. The molecule has 3 rings (SSSR count). The molecule has 4 atom stereocenters. The number of ether oxygens (including phenoxy) is 1. The Kier molecular flexibility index (Phi) is 2.33. The van der Waals surface area contributed by atoms with Crippen molar-refractivity contribution >= 4 is 6.09 Å². The molecule has 5 nitrogen and oxygen atoms in total. The fourth-order valence-corrected chi connectivity index (χ4v) is 3.24. The molecule has 1 saturated heterocycles. The molecule has 0 aromatic carbocycles. The summed E-state index contributed by atoms with van der Waals surface area (Å²) in [6, 6.07) is -0.191. The van der Waals surface area contributed by atoms with Gasteiger partial charge in [-0.05, 0) is 25.7 Å². The van der Waals surface area contributed by atoms with Crippen molar-refractivity contribution in [1.29, 1.82) is 0 Å². The van der Waals surface area contributed by atoms with Crippen LogP contribution in [0.4, 0.5) is 4.79 Å². The number of rotatable bonds is 3. The molecule has 1 aliphatic heterocycles. The lowest BCUT2D eigenvalue weighted by atomic mass is 9.96. The number of piperidine rings is 1. The first-order valence-corrected chi connectivity index (χ1v) is 5.98. The summed E-state index contributed by atoms with van der Waals surface area (Å²) in [7, 11) is 0. The molecule has 0 spiro atoms. The second-order valence-corrected chi connectivity index (χ2v) is 5.10. The van der Waals surface area contributed by atoms with Crippen LogP contribution in [0.1, 0.15) is 25.7 Å². The van der Waals surface area contributed by atoms with E-state index in [2.05, 4.69) is 0 Å². The second kappa shape index (κ2) is 3.60. The average molecular weight is 227 g/mol. The van der Waals surface area contributed by atoms with Crippen molar-refractivity contribution in [3.8, 4) is 0 Å². The highest BCUT2D eigenvalue weighted by Crippen LogP contribution is 2.45. The van der Waals surface area contributed by atoms with Crippen LogP contribution < -0.4 is 0 Å². The minimum absolute atomic E-state index is 0.0587. The van der Waals surface area contributed by atoms with Crippen molar-refractivity contribution in [2.75, 3.05) is 6.61 Å². The van der Waals surface area contributed by atoms with Crippen LogP contribution in [0.25, 0.3) is 0 Å². The Hall–Kier alpha value is -0.810. The van der Waals surface area contributed by atoms with Gasteiger partial charge < -0.3 is 14.9 Å². The van der Waals surface area contributed by atoms with Gasteiger partial charge in [-0.15, -0.1) is 0 Å². The van der Waals surface area contributed by atoms with Gasteiger partial charge >= 0.3 is 6.09 Å². The molecular formula is C11H17NO4. The van der Waals surface area contributed by atoms with Crippen molar-refractivity contribution in [2.45, 2.75) is 50.0 Å². The Morgan fingerprint density at radius 1 is 1.38 bits per heavy atom. The van der Waals surface area contributed by atoms with Crippen LogP contribution >= 0.6 is 0 Å². The number of carboxylic acid groups (broad SMARTS) is 1. The maximum Gasteiger partial charge on any atom is 0.407 e. The molecule has 1 amide bonds. The van der Waals surface area contributed by atoms with Gasteiger partial charge in [-0.2, -0.15) is 0 Å². The number of carbonyl (C=O) groups is 1. The van der Waals surface area contributed by atoms with E-state index in [0.717, 1.165) is 25.7 Å². The third kappa shape index (κ3) is 1.50. The highest BCUT2D eigenvalue weighted by atomic mass is 16.5. The molecular weight excluding hydrogens is 210 g/mol. The summed E-state index contributed by atoms with van der Waals surface area (Å²) < 4.78 is 5.89. The van der Waals surface area contributed by atoms with E-state index in [0.29, 0.717) is 6.10 Å². The van der Waals surface area contributed by atoms with E-state index in [-0.39, 0.29) is 30.7 Å². The first kappa shape index (κ1) is 10.4. The number of hydrogen-bond donors (Lipinski definition) is 2. The van der Waals surface area contributed by atoms with Crippen molar-refractivity contribution in [2.24, 2.45) is 5.92 Å². The lowest BCUT2D eigenvalue weighted by molar-refractivity contribution is -0.0382. The molecule has 3 unspecified atom stereocenters. The van der Waals surface area contributed by atoms with Crippen LogP contribution in [0, 0.1) is 5.92 Å². The monoisotopic (exact) mass is 227 g/mol. The van der Waals surface area contributed by atoms with Gasteiger partial charge in [0.2, 0.25) is 0 Å². The fraction of sp³-hybridized carbons (Fsp3) is 0.909. The zero-order chi connectivity index (χ0) is 11.3. The van der Waals surface area contributed by atoms with E-state index in [4.69, 9.17) is 9.84 Å². The Balaban J connectivity index is 1.71. The zero-order valence-corrected chi connectivity index (χ0v) is 9.08. The number of aliphatic hydroxyl groups excluding tert-OH is 1. The van der Waals surface area contributed by atoms with Gasteiger partial charge in [0.25, 0.3) is 0 Å². The molecule has 2 bridgehead atoms. The first-order valence-electron chi connectivity index (χ1n) is 5.98. The predicted molar refractivity (Wildman–Crippen MR) is 55.1 cm³/mol. The largest absolute Gasteiger partial charge is 0.465 e. The molecule has 0 radical (unpaired) electrons. The summed E-state index contributed by atoms with van der Waals surface area (Å²) in [5, 5.41) is 18.4. The third-order valence-electron chi connectivity index (χ3n) is 4.07. The van der Waals surface area contributed by atoms with Gasteiger partial charge in [-0.25, -0.2) is 4.79 Å². The minimum Gasteiger partial charge on any atom is -0.465 e. The number of nitrogens with zero attached hydrogens (tertiary/aromatic N) is 1. The van der Waals surface area contributed by atoms with Gasteiger partial charge in [-0.3, -0.25) is 4.90 Å². The Bertz CT molecular complexity index is 304. The molecule has 90 valence electrons. The van der Waals surface area contributed by atoms with E-state index < -0.39 is 6.09 Å². The van der Waals surface area contributed by atoms with Crippen molar-refractivity contribution in [3.63, 3.8) is 0 Å². The molecule has 16 heavy (non-hydrogen) atoms. The number of aliphatic hydroxyl groups is 1. The topological polar surface area (TPSA) is 70.0 Å². The lowest BCUT2D eigenvalue weighted by Gasteiger charge is -2.36. The van der Waals surface area contributed by atoms with Crippen LogP contribution in [0.2, 0.25) is 0 Å². The van der Waals surface area contributed by atoms with E-state index in [1.807, 2.05) is 0 Å². The van der Waals surface area contributed by atoms with Gasteiger partial charge in [-0.1, -0.05) is 0 Å². The van der Waals surface area contributed by atoms with Gasteiger partial charge in [0.05, 0.1) is 24.9 Å². The van der Waals surface area contributed by atoms with Gasteiger partial charge in [0.1, 0.15) is 0 Å². The predicted octanol–water partition coefficient (Wildman–Crippen LogP) is 0.667. The fourth-order valence-electron chi connectivity index (χ4n) is 3.24. The SMILES string of the molecule is O=C(O)N1C2CC(C1CO)[C@@H](OC1CC1)C2. The number of fused-ring (bicyclic) bond motifs is 2. The number of hydrogen-bond acceptors (Lipinski definition) is 3. The third-order valence-corrected chi connectivity index (χ3v) is 4.07. The number of amides is 1. The van der Waals surface area contributed by atoms with Crippen molar-refractivity contribution < 1.29 is 19.7 Å². The minimum atomic E-state index is -0.906. The van der Waals surface area contributed by atoms with Gasteiger partial charge in [0.15, 0.2) is 0 Å². The maximum atomic E-state index is 11.1. The summed E-state index contributed by atoms with van der Waals surface area (Å²) in [5.41, 5.74) is 0. The lowest BCUT2D eigenvalue weighted by Crippen LogP contribution is -2.50. The molecule has 5 heteroatoms. The Labute approximate surface area is 94.0 Å². The quantitative estimate of drug-likeness (QED) is 0.743. The van der Waals surface area contributed by atoms with Gasteiger partial charge in [0, 0.05) is 12.0 Å². The first-order chi connectivity index (χ1) is 7.70. The molecule has 2 aliphatic carbocycles. The van der Waals surface area contributed by atoms with E-state index in [9.17, 15) is 9.90 Å². The van der Waals surface area contributed by atoms with Crippen molar-refractivity contribution in [3.05, 3.63) is 0 Å². The van der Waals surface area contributed by atoms with Crippen molar-refractivity contribution in [1.82, 2.24) is 4.90 Å². The normalized spacial score (nSPS) is 41.7. The Morgan fingerprint density at radius 2 is 2.12 bits per heavy atom. The highest BCUT2D eigenvalue weighted by Gasteiger charge is 2.54. The molecule has 0 aromatic heterocycles. The summed E-state index contributed by atoms with van der Waals surface area (Å²) in [4.78, 5) is 12.5. The Morgan fingerprint density at radius 3 is 2.69 bits per heavy atom. The average Bonchev–Trinajstić information content (AvgIpc) is 2.86. The summed E-state index contributed by atoms with van der Waals surface area (Å²) in [6.07, 6.45) is 3.61. The zero-order valence-electron chi connectivity index (χ0n) is 9.08. The summed E-state index contributed by atoms with van der Waals surface area (Å²) in [5.74, 6) is 0.201. The second-order valence-electron chi connectivity index (χ2n) is 5.10. The molecule has 3 fully saturated rings. The van der Waals surface area contributed by atoms with Crippen LogP contribution in [-0.2, 0) is 4.74 Å². The number of likely N-dealkylation sites (tertiary alicyclic amines) is 1. The standard InChI is InChI=1S/C11H17NO4/c13-5-9-8-3-6(12(9)11(14)15)4-10(8)16-7-1-2-7/h6-10,13H,1-5H2,(H,14,15)/t6?,8?,9?,10-/m0/s1. The van der Waals surface area contributed by atoms with E-state index in [1.165, 1.54) is 4.90 Å².